The SMILES string of the molecule is OCc1cnc(OC2CCOCC2)s1. The van der Waals surface area contributed by atoms with E-state index < -0.39 is 0 Å². The molecule has 0 spiro atoms. The maximum Gasteiger partial charge on any atom is 0.273 e. The average molecular weight is 215 g/mol. The molecule has 0 aromatic carbocycles. The molecule has 1 aromatic heterocycles. The number of ether oxygens (including phenoxy) is 2. The smallest absolute Gasteiger partial charge is 0.273 e. The summed E-state index contributed by atoms with van der Waals surface area (Å²) < 4.78 is 10.9. The Balaban J connectivity index is 1.89. The Morgan fingerprint density at radius 2 is 2.36 bits per heavy atom. The Bertz CT molecular complexity index is 283. The van der Waals surface area contributed by atoms with E-state index in [1.165, 1.54) is 11.3 Å². The third-order valence-electron chi connectivity index (χ3n) is 2.12. The molecule has 78 valence electrons. The number of thiazole rings is 1. The third kappa shape index (κ3) is 2.43. The fourth-order valence-corrected chi connectivity index (χ4v) is 2.04. The second kappa shape index (κ2) is 4.72. The van der Waals surface area contributed by atoms with Crippen molar-refractivity contribution in [2.75, 3.05) is 13.2 Å². The summed E-state index contributed by atoms with van der Waals surface area (Å²) in [6.07, 6.45) is 3.72. The lowest BCUT2D eigenvalue weighted by molar-refractivity contribution is 0.0255. The summed E-state index contributed by atoms with van der Waals surface area (Å²) in [6, 6.07) is 0. The van der Waals surface area contributed by atoms with E-state index in [0.717, 1.165) is 30.9 Å². The van der Waals surface area contributed by atoms with Gasteiger partial charge in [-0.3, -0.25) is 0 Å². The lowest BCUT2D eigenvalue weighted by Gasteiger charge is -2.21. The highest BCUT2D eigenvalue weighted by Gasteiger charge is 2.16. The standard InChI is InChI=1S/C9H13NO3S/c11-6-8-5-10-9(14-8)13-7-1-3-12-4-2-7/h5,7,11H,1-4,6H2. The van der Waals surface area contributed by atoms with E-state index in [0.29, 0.717) is 5.19 Å². The summed E-state index contributed by atoms with van der Waals surface area (Å²) in [7, 11) is 0. The lowest BCUT2D eigenvalue weighted by atomic mass is 10.2. The summed E-state index contributed by atoms with van der Waals surface area (Å²) in [5.41, 5.74) is 0. The number of hydrogen-bond donors (Lipinski definition) is 1. The van der Waals surface area contributed by atoms with Crippen molar-refractivity contribution in [3.63, 3.8) is 0 Å². The molecule has 0 atom stereocenters. The van der Waals surface area contributed by atoms with Crippen molar-refractivity contribution in [1.29, 1.82) is 0 Å². The lowest BCUT2D eigenvalue weighted by Crippen LogP contribution is -2.25. The van der Waals surface area contributed by atoms with Crippen LogP contribution < -0.4 is 4.74 Å². The minimum Gasteiger partial charge on any atom is -0.467 e. The van der Waals surface area contributed by atoms with Gasteiger partial charge in [-0.15, -0.1) is 0 Å². The zero-order chi connectivity index (χ0) is 9.80. The van der Waals surface area contributed by atoms with Crippen LogP contribution in [0.15, 0.2) is 6.20 Å². The first kappa shape index (κ1) is 9.89. The molecule has 1 aliphatic rings. The van der Waals surface area contributed by atoms with E-state index in [4.69, 9.17) is 14.6 Å². The highest BCUT2D eigenvalue weighted by molar-refractivity contribution is 7.13. The van der Waals surface area contributed by atoms with Gasteiger partial charge in [-0.05, 0) is 0 Å². The molecule has 0 radical (unpaired) electrons. The molecule has 4 nitrogen and oxygen atoms in total. The molecule has 1 saturated heterocycles. The molecule has 0 unspecified atom stereocenters. The Hall–Kier alpha value is -0.650. The Morgan fingerprint density at radius 1 is 1.57 bits per heavy atom. The van der Waals surface area contributed by atoms with Gasteiger partial charge in [0, 0.05) is 19.0 Å². The van der Waals surface area contributed by atoms with Gasteiger partial charge in [0.1, 0.15) is 6.10 Å². The number of aliphatic hydroxyl groups excluding tert-OH is 1. The first-order chi connectivity index (χ1) is 6.88. The molecule has 1 fully saturated rings. The fraction of sp³-hybridized carbons (Fsp3) is 0.667. The van der Waals surface area contributed by atoms with Crippen LogP contribution >= 0.6 is 11.3 Å². The van der Waals surface area contributed by atoms with Crippen molar-refractivity contribution in [2.45, 2.75) is 25.6 Å². The largest absolute Gasteiger partial charge is 0.467 e. The van der Waals surface area contributed by atoms with E-state index >= 15 is 0 Å². The number of aliphatic hydroxyl groups is 1. The minimum absolute atomic E-state index is 0.0365. The van der Waals surface area contributed by atoms with Crippen LogP contribution in [0.3, 0.4) is 0 Å². The van der Waals surface area contributed by atoms with Crippen LogP contribution in [0.1, 0.15) is 17.7 Å². The molecule has 0 bridgehead atoms. The van der Waals surface area contributed by atoms with Gasteiger partial charge in [0.05, 0.1) is 24.7 Å². The number of hydrogen-bond acceptors (Lipinski definition) is 5. The maximum atomic E-state index is 8.85. The molecular weight excluding hydrogens is 202 g/mol. The van der Waals surface area contributed by atoms with E-state index in [1.54, 1.807) is 6.20 Å². The monoisotopic (exact) mass is 215 g/mol. The van der Waals surface area contributed by atoms with Gasteiger partial charge in [-0.2, -0.15) is 0 Å². The Labute approximate surface area is 86.5 Å². The van der Waals surface area contributed by atoms with Crippen molar-refractivity contribution < 1.29 is 14.6 Å². The van der Waals surface area contributed by atoms with Crippen LogP contribution in [0.25, 0.3) is 0 Å². The van der Waals surface area contributed by atoms with Crippen molar-refractivity contribution in [2.24, 2.45) is 0 Å². The summed E-state index contributed by atoms with van der Waals surface area (Å²) in [6.45, 7) is 1.57. The molecule has 14 heavy (non-hydrogen) atoms. The minimum atomic E-state index is 0.0365. The summed E-state index contributed by atoms with van der Waals surface area (Å²) in [4.78, 5) is 4.92. The van der Waals surface area contributed by atoms with Crippen LogP contribution in [0, 0.1) is 0 Å². The first-order valence-corrected chi connectivity index (χ1v) is 5.50. The number of rotatable bonds is 3. The highest BCUT2D eigenvalue weighted by atomic mass is 32.1. The molecule has 1 N–H and O–H groups in total. The molecule has 1 aliphatic heterocycles. The van der Waals surface area contributed by atoms with Gasteiger partial charge in [0.2, 0.25) is 0 Å². The van der Waals surface area contributed by atoms with E-state index in [2.05, 4.69) is 4.98 Å². The quantitative estimate of drug-likeness (QED) is 0.823. The van der Waals surface area contributed by atoms with Crippen LogP contribution in [-0.2, 0) is 11.3 Å². The normalized spacial score (nSPS) is 18.4. The molecule has 0 saturated carbocycles. The summed E-state index contributed by atoms with van der Waals surface area (Å²) >= 11 is 1.40. The predicted octanol–water partition coefficient (Wildman–Crippen LogP) is 1.19. The Morgan fingerprint density at radius 3 is 3.00 bits per heavy atom. The molecule has 0 amide bonds. The van der Waals surface area contributed by atoms with Crippen molar-refractivity contribution in [3.05, 3.63) is 11.1 Å². The Kier molecular flexibility index (Phi) is 3.34. The second-order valence-corrected chi connectivity index (χ2v) is 4.26. The topological polar surface area (TPSA) is 51.6 Å². The second-order valence-electron chi connectivity index (χ2n) is 3.18. The molecule has 0 aliphatic carbocycles. The summed E-state index contributed by atoms with van der Waals surface area (Å²) in [5.74, 6) is 0. The first-order valence-electron chi connectivity index (χ1n) is 4.68. The van der Waals surface area contributed by atoms with Gasteiger partial charge < -0.3 is 14.6 Å². The zero-order valence-electron chi connectivity index (χ0n) is 7.81. The van der Waals surface area contributed by atoms with Gasteiger partial charge in [-0.25, -0.2) is 4.98 Å². The van der Waals surface area contributed by atoms with Crippen LogP contribution in [-0.4, -0.2) is 29.4 Å². The van der Waals surface area contributed by atoms with Crippen LogP contribution in [0.2, 0.25) is 0 Å². The van der Waals surface area contributed by atoms with Crippen molar-refractivity contribution >= 4 is 11.3 Å². The molecule has 5 heteroatoms. The zero-order valence-corrected chi connectivity index (χ0v) is 8.63. The third-order valence-corrected chi connectivity index (χ3v) is 3.00. The van der Waals surface area contributed by atoms with Gasteiger partial charge >= 0.3 is 0 Å². The van der Waals surface area contributed by atoms with E-state index in [9.17, 15) is 0 Å². The van der Waals surface area contributed by atoms with Crippen molar-refractivity contribution in [1.82, 2.24) is 4.98 Å². The van der Waals surface area contributed by atoms with Crippen LogP contribution in [0.5, 0.6) is 5.19 Å². The molecular formula is C9H13NO3S. The van der Waals surface area contributed by atoms with Gasteiger partial charge in [-0.1, -0.05) is 11.3 Å². The summed E-state index contributed by atoms with van der Waals surface area (Å²) in [5, 5.41) is 9.51. The van der Waals surface area contributed by atoms with E-state index in [-0.39, 0.29) is 12.7 Å². The fourth-order valence-electron chi connectivity index (χ4n) is 1.35. The predicted molar refractivity (Wildman–Crippen MR) is 52.5 cm³/mol. The van der Waals surface area contributed by atoms with Gasteiger partial charge in [0.25, 0.3) is 5.19 Å². The average Bonchev–Trinajstić information content (AvgIpc) is 2.67. The molecule has 2 rings (SSSR count). The molecule has 1 aromatic rings. The highest BCUT2D eigenvalue weighted by Crippen LogP contribution is 2.23. The number of nitrogens with zero attached hydrogens (tertiary/aromatic N) is 1. The van der Waals surface area contributed by atoms with Crippen LogP contribution in [0.4, 0.5) is 0 Å². The van der Waals surface area contributed by atoms with Crippen molar-refractivity contribution in [3.8, 4) is 5.19 Å². The van der Waals surface area contributed by atoms with Gasteiger partial charge in [0.15, 0.2) is 0 Å². The molecule has 2 heterocycles. The van der Waals surface area contributed by atoms with E-state index in [1.807, 2.05) is 0 Å². The maximum absolute atomic E-state index is 8.85. The number of aromatic nitrogens is 1.